The van der Waals surface area contributed by atoms with Gasteiger partial charge in [0.25, 0.3) is 5.92 Å². The zero-order valence-electron chi connectivity index (χ0n) is 12.9. The average molecular weight is 337 g/mol. The smallest absolute Gasteiger partial charge is 0.322 e. The van der Waals surface area contributed by atoms with Crippen molar-refractivity contribution in [3.63, 3.8) is 0 Å². The summed E-state index contributed by atoms with van der Waals surface area (Å²) in [5.41, 5.74) is -0.209. The van der Waals surface area contributed by atoms with E-state index < -0.39 is 24.1 Å². The van der Waals surface area contributed by atoms with E-state index in [-0.39, 0.29) is 24.3 Å². The maximum absolute atomic E-state index is 13.6. The fourth-order valence-electron chi connectivity index (χ4n) is 2.76. The molecule has 1 aliphatic heterocycles. The van der Waals surface area contributed by atoms with Gasteiger partial charge >= 0.3 is 6.03 Å². The number of urea groups is 1. The molecule has 1 aromatic heterocycles. The zero-order chi connectivity index (χ0) is 17.3. The SMILES string of the molecule is CC(F)(F)c1ccccc1NC(=O)N1C[C@@H](O)[C@H](n2ccnn2)C1. The van der Waals surface area contributed by atoms with Crippen LogP contribution in [-0.2, 0) is 5.92 Å². The van der Waals surface area contributed by atoms with Crippen molar-refractivity contribution in [3.05, 3.63) is 42.2 Å². The predicted molar refractivity (Wildman–Crippen MR) is 81.7 cm³/mol. The number of rotatable bonds is 3. The van der Waals surface area contributed by atoms with Crippen molar-refractivity contribution in [3.8, 4) is 0 Å². The van der Waals surface area contributed by atoms with Gasteiger partial charge in [-0.1, -0.05) is 23.4 Å². The van der Waals surface area contributed by atoms with E-state index >= 15 is 0 Å². The molecule has 0 saturated carbocycles. The van der Waals surface area contributed by atoms with E-state index in [0.29, 0.717) is 0 Å². The number of hydrogen-bond donors (Lipinski definition) is 2. The van der Waals surface area contributed by atoms with Gasteiger partial charge in [0.1, 0.15) is 0 Å². The van der Waals surface area contributed by atoms with Gasteiger partial charge in [0.2, 0.25) is 0 Å². The zero-order valence-corrected chi connectivity index (χ0v) is 12.9. The van der Waals surface area contributed by atoms with Crippen molar-refractivity contribution in [1.82, 2.24) is 19.9 Å². The Hall–Kier alpha value is -2.55. The number of carbonyl (C=O) groups is 1. The molecule has 2 atom stereocenters. The largest absolute Gasteiger partial charge is 0.389 e. The van der Waals surface area contributed by atoms with Crippen molar-refractivity contribution >= 4 is 11.7 Å². The topological polar surface area (TPSA) is 83.3 Å². The normalized spacial score (nSPS) is 21.1. The predicted octanol–water partition coefficient (Wildman–Crippen LogP) is 1.84. The maximum Gasteiger partial charge on any atom is 0.322 e. The highest BCUT2D eigenvalue weighted by molar-refractivity contribution is 5.90. The summed E-state index contributed by atoms with van der Waals surface area (Å²) < 4.78 is 28.7. The Morgan fingerprint density at radius 1 is 1.38 bits per heavy atom. The van der Waals surface area contributed by atoms with E-state index in [1.54, 1.807) is 12.3 Å². The van der Waals surface area contributed by atoms with Gasteiger partial charge in [0, 0.05) is 25.2 Å². The van der Waals surface area contributed by atoms with Gasteiger partial charge in [-0.2, -0.15) is 0 Å². The number of β-amino-alcohol motifs (C(OH)–C–C–N with tert-alkyl or cyclic N) is 1. The molecule has 7 nitrogen and oxygen atoms in total. The van der Waals surface area contributed by atoms with E-state index in [0.717, 1.165) is 6.92 Å². The van der Waals surface area contributed by atoms with Crippen LogP contribution >= 0.6 is 0 Å². The number of aromatic nitrogens is 3. The monoisotopic (exact) mass is 337 g/mol. The van der Waals surface area contributed by atoms with Gasteiger partial charge in [0.15, 0.2) is 0 Å². The minimum Gasteiger partial charge on any atom is -0.389 e. The van der Waals surface area contributed by atoms with Crippen LogP contribution in [0.3, 0.4) is 0 Å². The van der Waals surface area contributed by atoms with Crippen molar-refractivity contribution < 1.29 is 18.7 Å². The number of aliphatic hydroxyl groups excluding tert-OH is 1. The molecule has 0 spiro atoms. The number of anilines is 1. The van der Waals surface area contributed by atoms with E-state index in [9.17, 15) is 18.7 Å². The van der Waals surface area contributed by atoms with Crippen LogP contribution in [0, 0.1) is 0 Å². The molecule has 9 heteroatoms. The van der Waals surface area contributed by atoms with Crippen molar-refractivity contribution in [2.75, 3.05) is 18.4 Å². The summed E-state index contributed by atoms with van der Waals surface area (Å²) in [7, 11) is 0. The van der Waals surface area contributed by atoms with Gasteiger partial charge < -0.3 is 15.3 Å². The number of benzene rings is 1. The minimum atomic E-state index is -3.07. The fourth-order valence-corrected chi connectivity index (χ4v) is 2.76. The Labute approximate surface area is 136 Å². The first-order valence-electron chi connectivity index (χ1n) is 7.43. The molecule has 2 N–H and O–H groups in total. The summed E-state index contributed by atoms with van der Waals surface area (Å²) in [5.74, 6) is -3.07. The van der Waals surface area contributed by atoms with Crippen LogP contribution in [-0.4, -0.2) is 50.2 Å². The Balaban J connectivity index is 1.73. The molecule has 1 fully saturated rings. The molecule has 1 aromatic carbocycles. The highest BCUT2D eigenvalue weighted by atomic mass is 19.3. The summed E-state index contributed by atoms with van der Waals surface area (Å²) in [6, 6.07) is 4.79. The number of carbonyl (C=O) groups excluding carboxylic acids is 1. The summed E-state index contributed by atoms with van der Waals surface area (Å²) in [6.07, 6.45) is 2.28. The summed E-state index contributed by atoms with van der Waals surface area (Å²) in [4.78, 5) is 13.7. The van der Waals surface area contributed by atoms with Crippen LogP contribution in [0.1, 0.15) is 18.5 Å². The molecule has 0 radical (unpaired) electrons. The summed E-state index contributed by atoms with van der Waals surface area (Å²) >= 11 is 0. The second kappa shape index (κ2) is 6.16. The first-order chi connectivity index (χ1) is 11.4. The lowest BCUT2D eigenvalue weighted by molar-refractivity contribution is 0.0182. The number of nitrogens with zero attached hydrogens (tertiary/aromatic N) is 4. The average Bonchev–Trinajstić information content (AvgIpc) is 3.15. The Bertz CT molecular complexity index is 717. The van der Waals surface area contributed by atoms with Crippen molar-refractivity contribution in [1.29, 1.82) is 0 Å². The Morgan fingerprint density at radius 2 is 2.12 bits per heavy atom. The number of amides is 2. The van der Waals surface area contributed by atoms with Gasteiger partial charge in [-0.15, -0.1) is 5.10 Å². The van der Waals surface area contributed by atoms with Crippen LogP contribution in [0.2, 0.25) is 0 Å². The first kappa shape index (κ1) is 16.3. The summed E-state index contributed by atoms with van der Waals surface area (Å²) in [5, 5.41) is 20.1. The van der Waals surface area contributed by atoms with E-state index in [1.165, 1.54) is 34.0 Å². The highest BCUT2D eigenvalue weighted by Crippen LogP contribution is 2.33. The van der Waals surface area contributed by atoms with Crippen molar-refractivity contribution in [2.24, 2.45) is 0 Å². The van der Waals surface area contributed by atoms with Crippen molar-refractivity contribution in [2.45, 2.75) is 25.0 Å². The molecule has 0 bridgehead atoms. The Kier molecular flexibility index (Phi) is 4.18. The standard InChI is InChI=1S/C15H17F2N5O2/c1-15(16,17)10-4-2-3-5-11(10)19-14(24)21-8-12(13(23)9-21)22-7-6-18-20-22/h2-7,12-13,23H,8-9H2,1H3,(H,19,24)/t12-,13-/m1/s1. The lowest BCUT2D eigenvalue weighted by atomic mass is 10.1. The quantitative estimate of drug-likeness (QED) is 0.895. The lowest BCUT2D eigenvalue weighted by Crippen LogP contribution is -2.34. The molecular formula is C15H17F2N5O2. The third-order valence-corrected chi connectivity index (χ3v) is 3.97. The molecule has 128 valence electrons. The molecule has 1 saturated heterocycles. The number of likely N-dealkylation sites (tertiary alicyclic amines) is 1. The second-order valence-electron chi connectivity index (χ2n) is 5.79. The van der Waals surface area contributed by atoms with Gasteiger partial charge in [-0.25, -0.2) is 18.3 Å². The molecule has 1 aliphatic rings. The van der Waals surface area contributed by atoms with Crippen LogP contribution in [0.5, 0.6) is 0 Å². The number of aliphatic hydroxyl groups is 1. The van der Waals surface area contributed by atoms with Crippen LogP contribution in [0.4, 0.5) is 19.3 Å². The highest BCUT2D eigenvalue weighted by Gasteiger charge is 2.36. The number of halogens is 2. The van der Waals surface area contributed by atoms with Gasteiger partial charge in [-0.05, 0) is 6.07 Å². The fraction of sp³-hybridized carbons (Fsp3) is 0.400. The molecule has 0 unspecified atom stereocenters. The molecule has 2 heterocycles. The molecule has 3 rings (SSSR count). The maximum atomic E-state index is 13.6. The molecule has 2 amide bonds. The summed E-state index contributed by atoms with van der Waals surface area (Å²) in [6.45, 7) is 1.07. The van der Waals surface area contributed by atoms with Crippen LogP contribution in [0.15, 0.2) is 36.7 Å². The second-order valence-corrected chi connectivity index (χ2v) is 5.79. The molecule has 2 aromatic rings. The molecule has 0 aliphatic carbocycles. The molecular weight excluding hydrogens is 320 g/mol. The van der Waals surface area contributed by atoms with E-state index in [4.69, 9.17) is 0 Å². The minimum absolute atomic E-state index is 0.0497. The third kappa shape index (κ3) is 3.21. The lowest BCUT2D eigenvalue weighted by Gasteiger charge is -2.20. The van der Waals surface area contributed by atoms with Crippen LogP contribution in [0.25, 0.3) is 0 Å². The van der Waals surface area contributed by atoms with E-state index in [2.05, 4.69) is 15.6 Å². The van der Waals surface area contributed by atoms with Gasteiger partial charge in [-0.3, -0.25) is 0 Å². The third-order valence-electron chi connectivity index (χ3n) is 3.97. The van der Waals surface area contributed by atoms with Crippen LogP contribution < -0.4 is 5.32 Å². The number of para-hydroxylation sites is 1. The number of nitrogens with one attached hydrogen (secondary N) is 1. The number of hydrogen-bond acceptors (Lipinski definition) is 4. The van der Waals surface area contributed by atoms with Gasteiger partial charge in [0.05, 0.1) is 30.6 Å². The first-order valence-corrected chi connectivity index (χ1v) is 7.43. The molecule has 24 heavy (non-hydrogen) atoms. The van der Waals surface area contributed by atoms with E-state index in [1.807, 2.05) is 0 Å². The Morgan fingerprint density at radius 3 is 2.79 bits per heavy atom. The number of alkyl halides is 2.